The van der Waals surface area contributed by atoms with Gasteiger partial charge in [-0.25, -0.2) is 0 Å². The van der Waals surface area contributed by atoms with E-state index in [-0.39, 0.29) is 35.5 Å². The van der Waals surface area contributed by atoms with Crippen molar-refractivity contribution in [1.82, 2.24) is 9.58 Å². The molecule has 0 spiro atoms. The number of amides is 2. The number of hydrogen-bond acceptors (Lipinski definition) is 3. The van der Waals surface area contributed by atoms with Crippen molar-refractivity contribution >= 4 is 28.9 Å². The molecule has 0 radical (unpaired) electrons. The molecule has 2 amide bonds. The smallest absolute Gasteiger partial charge is 0.254 e. The number of allylic oxidation sites excluding steroid dienone is 3. The van der Waals surface area contributed by atoms with Crippen molar-refractivity contribution in [2.75, 3.05) is 0 Å². The number of hydrazone groups is 1. The number of hydrogen-bond donors (Lipinski definition) is 0. The van der Waals surface area contributed by atoms with Crippen LogP contribution in [0.1, 0.15) is 12.0 Å². The Morgan fingerprint density at radius 1 is 1.12 bits per heavy atom. The molecular formula is C21H19N3O2. The number of carbonyl (C=O) groups is 2. The summed E-state index contributed by atoms with van der Waals surface area (Å²) in [5.41, 5.74) is 1.97. The van der Waals surface area contributed by atoms with E-state index in [1.165, 1.54) is 0 Å². The summed E-state index contributed by atoms with van der Waals surface area (Å²) in [6.45, 7) is 4.49. The first kappa shape index (κ1) is 15.3. The maximum Gasteiger partial charge on any atom is 0.254 e. The SMILES string of the molecule is C=CCn1cc(C=NN2C(=O)[C@@H]3[C@H](C2=O)[C@H]2C=C[C@H]3C2)c2ccccc21. The van der Waals surface area contributed by atoms with Crippen LogP contribution >= 0.6 is 0 Å². The Hall–Kier alpha value is -2.95. The first-order valence-electron chi connectivity index (χ1n) is 8.98. The van der Waals surface area contributed by atoms with Gasteiger partial charge in [0.2, 0.25) is 0 Å². The molecule has 2 bridgehead atoms. The average Bonchev–Trinajstić information content (AvgIpc) is 3.39. The maximum atomic E-state index is 12.7. The maximum absolute atomic E-state index is 12.7. The summed E-state index contributed by atoms with van der Waals surface area (Å²) >= 11 is 0. The molecule has 1 saturated heterocycles. The summed E-state index contributed by atoms with van der Waals surface area (Å²) in [5, 5.41) is 6.44. The molecular weight excluding hydrogens is 326 g/mol. The first-order chi connectivity index (χ1) is 12.7. The van der Waals surface area contributed by atoms with Crippen LogP contribution in [0.5, 0.6) is 0 Å². The molecule has 0 N–H and O–H groups in total. The summed E-state index contributed by atoms with van der Waals surface area (Å²) in [5.74, 6) is -0.313. The van der Waals surface area contributed by atoms with Gasteiger partial charge in [0, 0.05) is 29.2 Å². The Kier molecular flexibility index (Phi) is 3.26. The number of imide groups is 1. The standard InChI is InChI=1S/C21H19N3O2/c1-2-9-23-12-15(16-5-3-4-6-17(16)23)11-22-24-20(25)18-13-7-8-14(10-13)19(18)21(24)26/h2-8,11-14,18-19H,1,9-10H2/t13-,14-,18-,19+/m0/s1. The van der Waals surface area contributed by atoms with Gasteiger partial charge in [-0.05, 0) is 24.3 Å². The van der Waals surface area contributed by atoms with E-state index in [4.69, 9.17) is 0 Å². The molecule has 5 nitrogen and oxygen atoms in total. The van der Waals surface area contributed by atoms with Gasteiger partial charge >= 0.3 is 0 Å². The van der Waals surface area contributed by atoms with Gasteiger partial charge < -0.3 is 4.57 Å². The lowest BCUT2D eigenvalue weighted by atomic mass is 9.85. The minimum atomic E-state index is -0.211. The molecule has 1 saturated carbocycles. The lowest BCUT2D eigenvalue weighted by molar-refractivity contribution is -0.140. The van der Waals surface area contributed by atoms with Crippen LogP contribution in [0.3, 0.4) is 0 Å². The van der Waals surface area contributed by atoms with Gasteiger partial charge in [-0.1, -0.05) is 36.4 Å². The highest BCUT2D eigenvalue weighted by Gasteiger charge is 2.59. The van der Waals surface area contributed by atoms with Crippen molar-refractivity contribution in [2.45, 2.75) is 13.0 Å². The molecule has 2 heterocycles. The van der Waals surface area contributed by atoms with Gasteiger partial charge in [-0.3, -0.25) is 9.59 Å². The topological polar surface area (TPSA) is 54.7 Å². The Morgan fingerprint density at radius 3 is 2.50 bits per heavy atom. The minimum absolute atomic E-state index is 0.150. The minimum Gasteiger partial charge on any atom is -0.343 e. The normalized spacial score (nSPS) is 29.5. The average molecular weight is 345 g/mol. The van der Waals surface area contributed by atoms with E-state index in [1.54, 1.807) is 6.21 Å². The number of carbonyl (C=O) groups excluding carboxylic acids is 2. The Morgan fingerprint density at radius 2 is 1.81 bits per heavy atom. The summed E-state index contributed by atoms with van der Waals surface area (Å²) in [6, 6.07) is 8.01. The lowest BCUT2D eigenvalue weighted by Gasteiger charge is -2.13. The van der Waals surface area contributed by atoms with Crippen molar-refractivity contribution in [3.63, 3.8) is 0 Å². The van der Waals surface area contributed by atoms with Gasteiger partial charge in [0.05, 0.1) is 18.1 Å². The monoisotopic (exact) mass is 345 g/mol. The number of rotatable bonds is 4. The van der Waals surface area contributed by atoms with Gasteiger partial charge in [-0.15, -0.1) is 6.58 Å². The highest BCUT2D eigenvalue weighted by molar-refractivity contribution is 6.07. The van der Waals surface area contributed by atoms with E-state index in [0.717, 1.165) is 27.9 Å². The fourth-order valence-electron chi connectivity index (χ4n) is 4.79. The van der Waals surface area contributed by atoms with Crippen LogP contribution in [0.15, 0.2) is 60.4 Å². The fraction of sp³-hybridized carbons (Fsp3) is 0.286. The largest absolute Gasteiger partial charge is 0.343 e. The Bertz CT molecular complexity index is 970. The molecule has 0 unspecified atom stereocenters. The van der Waals surface area contributed by atoms with E-state index in [9.17, 15) is 9.59 Å². The number of nitrogens with zero attached hydrogens (tertiary/aromatic N) is 3. The van der Waals surface area contributed by atoms with Crippen molar-refractivity contribution in [1.29, 1.82) is 0 Å². The number of para-hydroxylation sites is 1. The fourth-order valence-corrected chi connectivity index (χ4v) is 4.79. The van der Waals surface area contributed by atoms with Crippen molar-refractivity contribution in [3.05, 3.63) is 60.8 Å². The first-order valence-corrected chi connectivity index (χ1v) is 8.98. The summed E-state index contributed by atoms with van der Waals surface area (Å²) < 4.78 is 2.08. The molecule has 5 heteroatoms. The van der Waals surface area contributed by atoms with Crippen LogP contribution in [0.2, 0.25) is 0 Å². The molecule has 5 rings (SSSR count). The summed E-state index contributed by atoms with van der Waals surface area (Å²) in [4.78, 5) is 25.4. The van der Waals surface area contributed by atoms with Crippen molar-refractivity contribution < 1.29 is 9.59 Å². The zero-order chi connectivity index (χ0) is 17.8. The van der Waals surface area contributed by atoms with Gasteiger partial charge in [0.1, 0.15) is 0 Å². The number of aromatic nitrogens is 1. The quantitative estimate of drug-likeness (QED) is 0.486. The van der Waals surface area contributed by atoms with Crippen LogP contribution in [0.25, 0.3) is 10.9 Å². The van der Waals surface area contributed by atoms with E-state index in [2.05, 4.69) is 28.4 Å². The van der Waals surface area contributed by atoms with Crippen molar-refractivity contribution in [2.24, 2.45) is 28.8 Å². The zero-order valence-corrected chi connectivity index (χ0v) is 14.3. The molecule has 1 aromatic carbocycles. The molecule has 2 aliphatic carbocycles. The molecule has 4 atom stereocenters. The third-order valence-corrected chi connectivity index (χ3v) is 5.90. The molecule has 2 fully saturated rings. The third-order valence-electron chi connectivity index (χ3n) is 5.90. The molecule has 1 aliphatic heterocycles. The highest BCUT2D eigenvalue weighted by atomic mass is 16.2. The second-order valence-electron chi connectivity index (χ2n) is 7.28. The van der Waals surface area contributed by atoms with E-state index >= 15 is 0 Å². The van der Waals surface area contributed by atoms with E-state index in [1.807, 2.05) is 36.5 Å². The van der Waals surface area contributed by atoms with Crippen LogP contribution < -0.4 is 0 Å². The Balaban J connectivity index is 1.48. The van der Waals surface area contributed by atoms with Crippen LogP contribution in [0.4, 0.5) is 0 Å². The highest BCUT2D eigenvalue weighted by Crippen LogP contribution is 2.52. The lowest BCUT2D eigenvalue weighted by Crippen LogP contribution is -2.28. The van der Waals surface area contributed by atoms with Crippen LogP contribution in [0, 0.1) is 23.7 Å². The van der Waals surface area contributed by atoms with Gasteiger partial charge in [0.25, 0.3) is 11.8 Å². The predicted molar refractivity (Wildman–Crippen MR) is 99.3 cm³/mol. The number of fused-ring (bicyclic) bond motifs is 6. The van der Waals surface area contributed by atoms with Crippen molar-refractivity contribution in [3.8, 4) is 0 Å². The molecule has 26 heavy (non-hydrogen) atoms. The Labute approximate surface area is 151 Å². The third kappa shape index (κ3) is 2.00. The zero-order valence-electron chi connectivity index (χ0n) is 14.3. The van der Waals surface area contributed by atoms with E-state index in [0.29, 0.717) is 6.54 Å². The second-order valence-corrected chi connectivity index (χ2v) is 7.28. The molecule has 2 aromatic rings. The number of benzene rings is 1. The summed E-state index contributed by atoms with van der Waals surface area (Å²) in [7, 11) is 0. The predicted octanol–water partition coefficient (Wildman–Crippen LogP) is 2.97. The van der Waals surface area contributed by atoms with Gasteiger partial charge in [0.15, 0.2) is 0 Å². The molecule has 1 aromatic heterocycles. The van der Waals surface area contributed by atoms with Crippen LogP contribution in [-0.2, 0) is 16.1 Å². The van der Waals surface area contributed by atoms with Gasteiger partial charge in [-0.2, -0.15) is 10.1 Å². The summed E-state index contributed by atoms with van der Waals surface area (Å²) in [6.07, 6.45) is 10.6. The molecule has 3 aliphatic rings. The van der Waals surface area contributed by atoms with E-state index < -0.39 is 0 Å². The molecule has 130 valence electrons. The second kappa shape index (κ2) is 5.53. The van der Waals surface area contributed by atoms with Crippen LogP contribution in [-0.4, -0.2) is 27.6 Å².